The van der Waals surface area contributed by atoms with Gasteiger partial charge in [-0.2, -0.15) is 0 Å². The number of hydrogen-bond donors (Lipinski definition) is 3. The minimum atomic E-state index is -0.514. The zero-order valence-electron chi connectivity index (χ0n) is 15.4. The summed E-state index contributed by atoms with van der Waals surface area (Å²) in [5, 5.41) is 3.44. The maximum absolute atomic E-state index is 12.0. The van der Waals surface area contributed by atoms with Gasteiger partial charge in [0, 0.05) is 17.7 Å². The van der Waals surface area contributed by atoms with Gasteiger partial charge in [0.25, 0.3) is 5.56 Å². The van der Waals surface area contributed by atoms with Crippen molar-refractivity contribution < 1.29 is 0 Å². The lowest BCUT2D eigenvalue weighted by Gasteiger charge is -2.18. The van der Waals surface area contributed by atoms with E-state index in [1.165, 1.54) is 11.8 Å². The molecule has 0 spiro atoms. The third-order valence-electron chi connectivity index (χ3n) is 4.07. The maximum atomic E-state index is 12.0. The summed E-state index contributed by atoms with van der Waals surface area (Å²) in [5.41, 5.74) is 4.31. The second kappa shape index (κ2) is 8.75. The van der Waals surface area contributed by atoms with E-state index in [0.717, 1.165) is 22.1 Å². The molecule has 2 rings (SSSR count). The van der Waals surface area contributed by atoms with E-state index in [1.807, 2.05) is 45.0 Å². The van der Waals surface area contributed by atoms with Gasteiger partial charge in [0.2, 0.25) is 0 Å². The molecule has 0 saturated heterocycles. The van der Waals surface area contributed by atoms with Crippen molar-refractivity contribution in [1.82, 2.24) is 15.3 Å². The standard InChI is InChI=1S/C20H24N3O2P/c1-12(2)16(10-13(3)17-11-21-20(25)23-18(17)24)19(26)22-14(4)15-8-6-5-7-9-15/h5-11,14,22,26H,1-4H3,(H2,21,23,24,25)/b13-10+. The van der Waals surface area contributed by atoms with Crippen molar-refractivity contribution in [3.8, 4) is 0 Å². The van der Waals surface area contributed by atoms with Crippen LogP contribution in [0.4, 0.5) is 0 Å². The summed E-state index contributed by atoms with van der Waals surface area (Å²) in [6.07, 6.45) is 3.36. The molecule has 1 aromatic heterocycles. The van der Waals surface area contributed by atoms with Gasteiger partial charge in [-0.25, -0.2) is 4.79 Å². The van der Waals surface area contributed by atoms with Gasteiger partial charge in [-0.15, -0.1) is 8.86 Å². The lowest BCUT2D eigenvalue weighted by atomic mass is 10.0. The SMILES string of the molecule is CC(C)=C(/C=C(\C)c1c[nH]c(=O)[nH]c1=O)C(=P)NC(C)c1ccccc1. The number of aromatic amines is 2. The first-order valence-corrected chi connectivity index (χ1v) is 8.88. The molecule has 136 valence electrons. The Morgan fingerprint density at radius 2 is 1.81 bits per heavy atom. The summed E-state index contributed by atoms with van der Waals surface area (Å²) in [5.74, 6) is 0. The molecule has 0 aliphatic carbocycles. The Labute approximate surface area is 155 Å². The normalized spacial score (nSPS) is 12.5. The molecule has 1 aromatic carbocycles. The molecule has 0 amide bonds. The van der Waals surface area contributed by atoms with Gasteiger partial charge in [0.15, 0.2) is 0 Å². The lowest BCUT2D eigenvalue weighted by Crippen LogP contribution is -2.26. The van der Waals surface area contributed by atoms with E-state index >= 15 is 0 Å². The zero-order chi connectivity index (χ0) is 19.3. The van der Waals surface area contributed by atoms with Crippen molar-refractivity contribution in [3.63, 3.8) is 0 Å². The van der Waals surface area contributed by atoms with Gasteiger partial charge in [-0.1, -0.05) is 35.9 Å². The molecule has 1 atom stereocenters. The van der Waals surface area contributed by atoms with E-state index in [2.05, 4.69) is 43.2 Å². The molecule has 0 aliphatic rings. The van der Waals surface area contributed by atoms with Crippen LogP contribution >= 0.6 is 8.86 Å². The summed E-state index contributed by atoms with van der Waals surface area (Å²) in [4.78, 5) is 27.9. The minimum Gasteiger partial charge on any atom is -0.314 e. The fourth-order valence-corrected chi connectivity index (χ4v) is 3.12. The average Bonchev–Trinajstić information content (AvgIpc) is 2.59. The Morgan fingerprint density at radius 3 is 2.38 bits per heavy atom. The van der Waals surface area contributed by atoms with Crippen LogP contribution in [0.25, 0.3) is 5.57 Å². The smallest absolute Gasteiger partial charge is 0.314 e. The van der Waals surface area contributed by atoms with E-state index in [9.17, 15) is 9.59 Å². The summed E-state index contributed by atoms with van der Waals surface area (Å²) < 4.78 is 0. The number of benzene rings is 1. The molecule has 0 fully saturated rings. The van der Waals surface area contributed by atoms with Crippen LogP contribution in [0.5, 0.6) is 0 Å². The van der Waals surface area contributed by atoms with Crippen LogP contribution in [-0.4, -0.2) is 15.4 Å². The first-order valence-electron chi connectivity index (χ1n) is 8.38. The third-order valence-corrected chi connectivity index (χ3v) is 4.49. The van der Waals surface area contributed by atoms with Gasteiger partial charge in [0.1, 0.15) is 0 Å². The fraction of sp³-hybridized carbons (Fsp3) is 0.250. The molecule has 26 heavy (non-hydrogen) atoms. The molecule has 0 aliphatic heterocycles. The van der Waals surface area contributed by atoms with E-state index < -0.39 is 11.2 Å². The summed E-state index contributed by atoms with van der Waals surface area (Å²) in [7, 11) is 3.69. The number of hydrogen-bond acceptors (Lipinski definition) is 2. The first kappa shape index (κ1) is 19.8. The summed E-state index contributed by atoms with van der Waals surface area (Å²) in [6.45, 7) is 7.93. The van der Waals surface area contributed by atoms with Crippen molar-refractivity contribution in [1.29, 1.82) is 0 Å². The molecule has 3 N–H and O–H groups in total. The van der Waals surface area contributed by atoms with Gasteiger partial charge in [0.05, 0.1) is 5.56 Å². The topological polar surface area (TPSA) is 77.8 Å². The maximum Gasteiger partial charge on any atom is 0.325 e. The van der Waals surface area contributed by atoms with Gasteiger partial charge in [-0.05, 0) is 50.5 Å². The van der Waals surface area contributed by atoms with Crippen LogP contribution in [0.15, 0.2) is 63.3 Å². The molecule has 1 unspecified atom stereocenters. The lowest BCUT2D eigenvalue weighted by molar-refractivity contribution is 0.723. The van der Waals surface area contributed by atoms with Crippen molar-refractivity contribution in [2.24, 2.45) is 0 Å². The molecule has 0 saturated carbocycles. The van der Waals surface area contributed by atoms with E-state index in [1.54, 1.807) is 0 Å². The van der Waals surface area contributed by atoms with Gasteiger partial charge in [-0.3, -0.25) is 15.1 Å². The minimum absolute atomic E-state index is 0.114. The monoisotopic (exact) mass is 369 g/mol. The van der Waals surface area contributed by atoms with Crippen LogP contribution in [0.1, 0.15) is 44.9 Å². The molecular weight excluding hydrogens is 345 g/mol. The highest BCUT2D eigenvalue weighted by Crippen LogP contribution is 2.18. The molecule has 6 heteroatoms. The van der Waals surface area contributed by atoms with Gasteiger partial charge < -0.3 is 4.98 Å². The van der Waals surface area contributed by atoms with Crippen molar-refractivity contribution >= 4 is 19.9 Å². The molecule has 5 nitrogen and oxygen atoms in total. The van der Waals surface area contributed by atoms with Crippen molar-refractivity contribution in [2.45, 2.75) is 33.7 Å². The van der Waals surface area contributed by atoms with Crippen LogP contribution in [0.3, 0.4) is 0 Å². The predicted molar refractivity (Wildman–Crippen MR) is 111 cm³/mol. The Kier molecular flexibility index (Phi) is 6.67. The zero-order valence-corrected chi connectivity index (χ0v) is 16.4. The number of allylic oxidation sites excluding steroid dienone is 2. The van der Waals surface area contributed by atoms with Crippen molar-refractivity contribution in [3.05, 3.63) is 85.7 Å². The summed E-state index contributed by atoms with van der Waals surface area (Å²) >= 11 is 0. The number of nitrogens with one attached hydrogen (secondary N) is 3. The van der Waals surface area contributed by atoms with E-state index in [-0.39, 0.29) is 6.04 Å². The second-order valence-electron chi connectivity index (χ2n) is 6.38. The molecule has 0 bridgehead atoms. The molecular formula is C20H24N3O2P. The average molecular weight is 369 g/mol. The highest BCUT2D eigenvalue weighted by atomic mass is 31.0. The van der Waals surface area contributed by atoms with Crippen molar-refractivity contribution in [2.75, 3.05) is 0 Å². The van der Waals surface area contributed by atoms with E-state index in [0.29, 0.717) is 5.56 Å². The number of H-pyrrole nitrogens is 2. The number of rotatable bonds is 6. The summed E-state index contributed by atoms with van der Waals surface area (Å²) in [6, 6.07) is 10.3. The number of aromatic nitrogens is 2. The fourth-order valence-electron chi connectivity index (χ4n) is 2.58. The molecule has 0 radical (unpaired) electrons. The van der Waals surface area contributed by atoms with E-state index in [4.69, 9.17) is 0 Å². The first-order chi connectivity index (χ1) is 12.3. The Balaban J connectivity index is 2.28. The predicted octanol–water partition coefficient (Wildman–Crippen LogP) is 3.43. The molecule has 2 aromatic rings. The third kappa shape index (κ3) is 5.01. The Morgan fingerprint density at radius 1 is 1.15 bits per heavy atom. The largest absolute Gasteiger partial charge is 0.325 e. The van der Waals surface area contributed by atoms with Crippen LogP contribution in [0, 0.1) is 0 Å². The van der Waals surface area contributed by atoms with Gasteiger partial charge >= 0.3 is 5.69 Å². The Hall–Kier alpha value is -2.49. The van der Waals surface area contributed by atoms with Crippen LogP contribution in [-0.2, 0) is 0 Å². The molecule has 1 heterocycles. The van der Waals surface area contributed by atoms with Crippen LogP contribution in [0.2, 0.25) is 0 Å². The highest BCUT2D eigenvalue weighted by molar-refractivity contribution is 7.22. The Bertz CT molecular complexity index is 964. The highest BCUT2D eigenvalue weighted by Gasteiger charge is 2.11. The second-order valence-corrected chi connectivity index (χ2v) is 6.88. The quantitative estimate of drug-likeness (QED) is 0.539. The van der Waals surface area contributed by atoms with Crippen LogP contribution < -0.4 is 16.6 Å².